The molecule has 6 heteroatoms. The third-order valence-corrected chi connectivity index (χ3v) is 5.47. The van der Waals surface area contributed by atoms with Crippen molar-refractivity contribution in [2.24, 2.45) is 0 Å². The molecule has 0 aliphatic carbocycles. The van der Waals surface area contributed by atoms with E-state index in [0.29, 0.717) is 22.7 Å². The summed E-state index contributed by atoms with van der Waals surface area (Å²) in [5.74, 6) is 0.515. The fourth-order valence-corrected chi connectivity index (χ4v) is 3.80. The van der Waals surface area contributed by atoms with Gasteiger partial charge in [0.25, 0.3) is 10.0 Å². The van der Waals surface area contributed by atoms with Crippen molar-refractivity contribution in [1.82, 2.24) is 4.98 Å². The second kappa shape index (κ2) is 6.31. The van der Waals surface area contributed by atoms with Gasteiger partial charge < -0.3 is 4.42 Å². The van der Waals surface area contributed by atoms with Gasteiger partial charge in [-0.2, -0.15) is 0 Å². The molecular formula is C20H16N2O3S. The lowest BCUT2D eigenvalue weighted by molar-refractivity contribution is 0.601. The van der Waals surface area contributed by atoms with E-state index in [2.05, 4.69) is 9.71 Å². The topological polar surface area (TPSA) is 72.2 Å². The van der Waals surface area contributed by atoms with Crippen LogP contribution in [0.3, 0.4) is 0 Å². The summed E-state index contributed by atoms with van der Waals surface area (Å²) < 4.78 is 33.3. The van der Waals surface area contributed by atoms with Crippen LogP contribution in [0, 0.1) is 6.92 Å². The molecule has 3 aromatic carbocycles. The van der Waals surface area contributed by atoms with Gasteiger partial charge in [-0.25, -0.2) is 13.4 Å². The zero-order valence-electron chi connectivity index (χ0n) is 14.0. The van der Waals surface area contributed by atoms with Crippen LogP contribution >= 0.6 is 0 Å². The summed E-state index contributed by atoms with van der Waals surface area (Å²) in [6.07, 6.45) is 0. The molecule has 26 heavy (non-hydrogen) atoms. The van der Waals surface area contributed by atoms with Crippen LogP contribution in [-0.2, 0) is 10.0 Å². The van der Waals surface area contributed by atoms with Gasteiger partial charge in [-0.3, -0.25) is 4.72 Å². The molecule has 0 saturated carbocycles. The number of oxazole rings is 1. The minimum absolute atomic E-state index is 0.209. The first-order valence-corrected chi connectivity index (χ1v) is 9.56. The van der Waals surface area contributed by atoms with Crippen molar-refractivity contribution in [1.29, 1.82) is 0 Å². The SMILES string of the molecule is Cc1ccccc1-c1nc2cc(NS(=O)(=O)c3ccccc3)ccc2o1. The standard InChI is InChI=1S/C20H16N2O3S/c1-14-7-5-6-10-17(14)20-21-18-13-15(11-12-19(18)25-20)22-26(23,24)16-8-3-2-4-9-16/h2-13,22H,1H3. The molecule has 0 amide bonds. The molecule has 1 N–H and O–H groups in total. The van der Waals surface area contributed by atoms with Gasteiger partial charge >= 0.3 is 0 Å². The molecule has 1 aromatic heterocycles. The Morgan fingerprint density at radius 1 is 0.923 bits per heavy atom. The van der Waals surface area contributed by atoms with Crippen LogP contribution in [0.5, 0.6) is 0 Å². The summed E-state index contributed by atoms with van der Waals surface area (Å²) in [7, 11) is -3.64. The Morgan fingerprint density at radius 2 is 1.65 bits per heavy atom. The number of anilines is 1. The summed E-state index contributed by atoms with van der Waals surface area (Å²) in [6, 6.07) is 21.1. The monoisotopic (exact) mass is 364 g/mol. The second-order valence-electron chi connectivity index (χ2n) is 5.93. The van der Waals surface area contributed by atoms with Crippen molar-refractivity contribution in [3.05, 3.63) is 78.4 Å². The Balaban J connectivity index is 1.69. The maximum Gasteiger partial charge on any atom is 0.261 e. The van der Waals surface area contributed by atoms with Crippen molar-refractivity contribution < 1.29 is 12.8 Å². The van der Waals surface area contributed by atoms with Crippen molar-refractivity contribution in [3.63, 3.8) is 0 Å². The minimum atomic E-state index is -3.64. The summed E-state index contributed by atoms with van der Waals surface area (Å²) in [6.45, 7) is 1.99. The molecule has 1 heterocycles. The lowest BCUT2D eigenvalue weighted by Crippen LogP contribution is -2.12. The van der Waals surface area contributed by atoms with E-state index in [9.17, 15) is 8.42 Å². The third kappa shape index (κ3) is 3.07. The molecule has 0 spiro atoms. The van der Waals surface area contributed by atoms with Crippen LogP contribution in [-0.4, -0.2) is 13.4 Å². The average Bonchev–Trinajstić information content (AvgIpc) is 3.05. The predicted molar refractivity (Wildman–Crippen MR) is 101 cm³/mol. The summed E-state index contributed by atoms with van der Waals surface area (Å²) >= 11 is 0. The van der Waals surface area contributed by atoms with Gasteiger partial charge in [0.1, 0.15) is 5.52 Å². The number of aryl methyl sites for hydroxylation is 1. The van der Waals surface area contributed by atoms with E-state index in [4.69, 9.17) is 4.42 Å². The fraction of sp³-hybridized carbons (Fsp3) is 0.0500. The number of hydrogen-bond donors (Lipinski definition) is 1. The third-order valence-electron chi connectivity index (χ3n) is 4.07. The Hall–Kier alpha value is -3.12. The first kappa shape index (κ1) is 16.4. The second-order valence-corrected chi connectivity index (χ2v) is 7.62. The number of rotatable bonds is 4. The van der Waals surface area contributed by atoms with E-state index in [1.54, 1.807) is 48.5 Å². The molecule has 5 nitrogen and oxygen atoms in total. The van der Waals surface area contributed by atoms with Crippen LogP contribution < -0.4 is 4.72 Å². The highest BCUT2D eigenvalue weighted by molar-refractivity contribution is 7.92. The van der Waals surface area contributed by atoms with Crippen molar-refractivity contribution in [3.8, 4) is 11.5 Å². The first-order chi connectivity index (χ1) is 12.5. The van der Waals surface area contributed by atoms with Gasteiger partial charge in [-0.1, -0.05) is 36.4 Å². The van der Waals surface area contributed by atoms with Gasteiger partial charge in [0, 0.05) is 5.56 Å². The Morgan fingerprint density at radius 3 is 2.42 bits per heavy atom. The normalized spacial score (nSPS) is 11.6. The molecule has 4 aromatic rings. The molecule has 0 unspecified atom stereocenters. The van der Waals surface area contributed by atoms with Crippen LogP contribution in [0.15, 0.2) is 82.1 Å². The van der Waals surface area contributed by atoms with E-state index >= 15 is 0 Å². The van der Waals surface area contributed by atoms with Gasteiger partial charge in [0.2, 0.25) is 5.89 Å². The first-order valence-electron chi connectivity index (χ1n) is 8.07. The largest absolute Gasteiger partial charge is 0.436 e. The number of hydrogen-bond acceptors (Lipinski definition) is 4. The Labute approximate surface area is 151 Å². The van der Waals surface area contributed by atoms with Crippen LogP contribution in [0.25, 0.3) is 22.6 Å². The van der Waals surface area contributed by atoms with E-state index < -0.39 is 10.0 Å². The Kier molecular flexibility index (Phi) is 3.97. The maximum atomic E-state index is 12.5. The van der Waals surface area contributed by atoms with Gasteiger partial charge in [0.15, 0.2) is 5.58 Å². The molecule has 0 saturated heterocycles. The molecule has 0 fully saturated rings. The summed E-state index contributed by atoms with van der Waals surface area (Å²) in [5.41, 5.74) is 3.60. The van der Waals surface area contributed by atoms with Crippen LogP contribution in [0.4, 0.5) is 5.69 Å². The van der Waals surface area contributed by atoms with Crippen LogP contribution in [0.1, 0.15) is 5.56 Å². The Bertz CT molecular complexity index is 1180. The van der Waals surface area contributed by atoms with Crippen molar-refractivity contribution in [2.45, 2.75) is 11.8 Å². The summed E-state index contributed by atoms with van der Waals surface area (Å²) in [4.78, 5) is 4.71. The average molecular weight is 364 g/mol. The number of fused-ring (bicyclic) bond motifs is 1. The number of benzene rings is 3. The van der Waals surface area contributed by atoms with E-state index in [1.165, 1.54) is 0 Å². The van der Waals surface area contributed by atoms with E-state index in [0.717, 1.165) is 11.1 Å². The molecule has 130 valence electrons. The van der Waals surface area contributed by atoms with E-state index in [-0.39, 0.29) is 4.90 Å². The number of sulfonamides is 1. The molecule has 0 bridgehead atoms. The fourth-order valence-electron chi connectivity index (χ4n) is 2.73. The van der Waals surface area contributed by atoms with Crippen LogP contribution in [0.2, 0.25) is 0 Å². The van der Waals surface area contributed by atoms with Gasteiger partial charge in [0.05, 0.1) is 10.6 Å². The zero-order chi connectivity index (χ0) is 18.1. The molecule has 0 atom stereocenters. The lowest BCUT2D eigenvalue weighted by atomic mass is 10.1. The van der Waals surface area contributed by atoms with Crippen molar-refractivity contribution >= 4 is 26.8 Å². The molecule has 0 aliphatic rings. The quantitative estimate of drug-likeness (QED) is 0.574. The highest BCUT2D eigenvalue weighted by Gasteiger charge is 2.15. The smallest absolute Gasteiger partial charge is 0.261 e. The van der Waals surface area contributed by atoms with Crippen molar-refractivity contribution in [2.75, 3.05) is 4.72 Å². The molecule has 0 radical (unpaired) electrons. The van der Waals surface area contributed by atoms with Gasteiger partial charge in [-0.15, -0.1) is 0 Å². The molecule has 0 aliphatic heterocycles. The predicted octanol–water partition coefficient (Wildman–Crippen LogP) is 4.60. The van der Waals surface area contributed by atoms with E-state index in [1.807, 2.05) is 31.2 Å². The summed E-state index contributed by atoms with van der Waals surface area (Å²) in [5, 5.41) is 0. The number of nitrogens with one attached hydrogen (secondary N) is 1. The molecular weight excluding hydrogens is 348 g/mol. The molecule has 4 rings (SSSR count). The van der Waals surface area contributed by atoms with Gasteiger partial charge in [-0.05, 0) is 48.9 Å². The minimum Gasteiger partial charge on any atom is -0.436 e. The number of nitrogens with zero attached hydrogens (tertiary/aromatic N) is 1. The number of aromatic nitrogens is 1. The maximum absolute atomic E-state index is 12.5. The zero-order valence-corrected chi connectivity index (χ0v) is 14.8. The lowest BCUT2D eigenvalue weighted by Gasteiger charge is -2.07. The highest BCUT2D eigenvalue weighted by atomic mass is 32.2. The highest BCUT2D eigenvalue weighted by Crippen LogP contribution is 2.28.